The molecule has 10 aromatic rings. The van der Waals surface area contributed by atoms with Crippen LogP contribution >= 0.6 is 0 Å². The lowest BCUT2D eigenvalue weighted by Crippen LogP contribution is -2.10. The van der Waals surface area contributed by atoms with E-state index in [4.69, 9.17) is 19.4 Å². The van der Waals surface area contributed by atoms with E-state index in [2.05, 4.69) is 155 Å². The molecule has 0 aliphatic carbocycles. The molecule has 0 saturated heterocycles. The number of nitrogens with zero attached hydrogens (tertiary/aromatic N) is 4. The number of para-hydroxylation sites is 1. The van der Waals surface area contributed by atoms with Crippen LogP contribution in [0.3, 0.4) is 0 Å². The van der Waals surface area contributed by atoms with Crippen molar-refractivity contribution in [2.45, 2.75) is 52.4 Å². The van der Waals surface area contributed by atoms with E-state index in [-0.39, 0.29) is 10.8 Å². The van der Waals surface area contributed by atoms with Crippen molar-refractivity contribution in [3.63, 3.8) is 0 Å². The Kier molecular flexibility index (Phi) is 8.20. The van der Waals surface area contributed by atoms with Crippen molar-refractivity contribution in [1.29, 1.82) is 0 Å². The zero-order valence-corrected chi connectivity index (χ0v) is 33.7. The molecule has 58 heavy (non-hydrogen) atoms. The molecule has 3 heterocycles. The van der Waals surface area contributed by atoms with Gasteiger partial charge in [-0.05, 0) is 87.7 Å². The molecular weight excluding hydrogens is 709 g/mol. The average molecular weight is 753 g/mol. The number of furan rings is 1. The summed E-state index contributed by atoms with van der Waals surface area (Å²) in [7, 11) is 0. The summed E-state index contributed by atoms with van der Waals surface area (Å²) in [5.41, 5.74) is 12.5. The van der Waals surface area contributed by atoms with Gasteiger partial charge in [0.05, 0.1) is 16.7 Å². The first kappa shape index (κ1) is 35.6. The maximum Gasteiger partial charge on any atom is 0.166 e. The fourth-order valence-corrected chi connectivity index (χ4v) is 8.14. The highest BCUT2D eigenvalue weighted by molar-refractivity contribution is 6.11. The Morgan fingerprint density at radius 1 is 0.397 bits per heavy atom. The molecule has 0 aliphatic heterocycles. The third-order valence-corrected chi connectivity index (χ3v) is 11.4. The maximum atomic E-state index is 6.22. The van der Waals surface area contributed by atoms with Crippen LogP contribution in [0.15, 0.2) is 162 Å². The van der Waals surface area contributed by atoms with Crippen LogP contribution in [0.2, 0.25) is 0 Å². The molecule has 10 rings (SSSR count). The van der Waals surface area contributed by atoms with Crippen LogP contribution < -0.4 is 0 Å². The highest BCUT2D eigenvalue weighted by atomic mass is 16.3. The van der Waals surface area contributed by atoms with E-state index >= 15 is 0 Å². The number of fused-ring (bicyclic) bond motifs is 6. The van der Waals surface area contributed by atoms with Gasteiger partial charge >= 0.3 is 0 Å². The second-order valence-electron chi connectivity index (χ2n) is 17.4. The Labute approximate surface area is 338 Å². The van der Waals surface area contributed by atoms with Crippen molar-refractivity contribution < 1.29 is 4.42 Å². The zero-order chi connectivity index (χ0) is 39.8. The molecular formula is C53H44N4O. The first-order chi connectivity index (χ1) is 28.0. The van der Waals surface area contributed by atoms with Crippen LogP contribution in [0.1, 0.15) is 52.7 Å². The first-order valence-corrected chi connectivity index (χ1v) is 20.0. The lowest BCUT2D eigenvalue weighted by Gasteiger charge is -2.19. The predicted molar refractivity (Wildman–Crippen MR) is 241 cm³/mol. The summed E-state index contributed by atoms with van der Waals surface area (Å²) in [6.07, 6.45) is 0. The SMILES string of the molecule is CC(C)(C)c1ccc2c(c1)c1cc(C(C)(C)C)ccc1n2-c1ccc(-c2ccc3oc4ccccc4c3c2)cc1-c1nc(-c2ccccc2)nc(-c2ccccc2)n1. The Morgan fingerprint density at radius 3 is 1.48 bits per heavy atom. The lowest BCUT2D eigenvalue weighted by molar-refractivity contribution is 0.590. The molecule has 282 valence electrons. The molecule has 7 aromatic carbocycles. The normalized spacial score (nSPS) is 12.3. The van der Waals surface area contributed by atoms with Gasteiger partial charge in [0.1, 0.15) is 11.2 Å². The lowest BCUT2D eigenvalue weighted by atomic mass is 9.85. The minimum atomic E-state index is -0.00890. The molecule has 0 N–H and O–H groups in total. The van der Waals surface area contributed by atoms with Gasteiger partial charge in [0.2, 0.25) is 0 Å². The highest BCUT2D eigenvalue weighted by Gasteiger charge is 2.24. The van der Waals surface area contributed by atoms with Crippen LogP contribution in [-0.2, 0) is 10.8 Å². The molecule has 5 heteroatoms. The Bertz CT molecular complexity index is 3050. The summed E-state index contributed by atoms with van der Waals surface area (Å²) in [6.45, 7) is 13.7. The predicted octanol–water partition coefficient (Wildman–Crippen LogP) is 14.1. The second-order valence-corrected chi connectivity index (χ2v) is 17.4. The molecule has 0 amide bonds. The van der Waals surface area contributed by atoms with Gasteiger partial charge in [-0.3, -0.25) is 0 Å². The van der Waals surface area contributed by atoms with E-state index in [0.29, 0.717) is 17.5 Å². The van der Waals surface area contributed by atoms with Crippen molar-refractivity contribution >= 4 is 43.7 Å². The van der Waals surface area contributed by atoms with Gasteiger partial charge < -0.3 is 8.98 Å². The van der Waals surface area contributed by atoms with Gasteiger partial charge in [0.15, 0.2) is 17.5 Å². The van der Waals surface area contributed by atoms with Crippen LogP contribution in [0.4, 0.5) is 0 Å². The van der Waals surface area contributed by atoms with Gasteiger partial charge in [-0.1, -0.05) is 145 Å². The molecule has 0 saturated carbocycles. The molecule has 0 aliphatic rings. The number of benzene rings is 7. The smallest absolute Gasteiger partial charge is 0.166 e. The van der Waals surface area contributed by atoms with Crippen molar-refractivity contribution in [1.82, 2.24) is 19.5 Å². The summed E-state index contributed by atoms with van der Waals surface area (Å²) in [6, 6.07) is 55.7. The summed E-state index contributed by atoms with van der Waals surface area (Å²) < 4.78 is 8.63. The minimum absolute atomic E-state index is 0.00890. The summed E-state index contributed by atoms with van der Waals surface area (Å²) in [4.78, 5) is 15.6. The highest BCUT2D eigenvalue weighted by Crippen LogP contribution is 2.42. The van der Waals surface area contributed by atoms with Crippen LogP contribution in [0, 0.1) is 0 Å². The molecule has 5 nitrogen and oxygen atoms in total. The van der Waals surface area contributed by atoms with E-state index in [0.717, 1.165) is 66.5 Å². The fourth-order valence-electron chi connectivity index (χ4n) is 8.14. The molecule has 0 atom stereocenters. The van der Waals surface area contributed by atoms with Crippen molar-refractivity contribution in [2.75, 3.05) is 0 Å². The maximum absolute atomic E-state index is 6.22. The Hall–Kier alpha value is -6.85. The third-order valence-electron chi connectivity index (χ3n) is 11.4. The van der Waals surface area contributed by atoms with E-state index < -0.39 is 0 Å². The van der Waals surface area contributed by atoms with Crippen LogP contribution in [0.5, 0.6) is 0 Å². The standard InChI is InChI=1S/C53H44N4O/c1-52(2,3)37-23-26-44-40(31-37)41-32-38(53(4,5)6)24-27-45(41)57(44)46-25-21-35(36-22-28-48-42(29-36)39-19-13-14-20-47(39)58-48)30-43(46)51-55-49(33-15-9-7-10-16-33)54-50(56-51)34-17-11-8-12-18-34/h7-32H,1-6H3. The number of rotatable bonds is 5. The largest absolute Gasteiger partial charge is 0.456 e. The Balaban J connectivity index is 1.28. The summed E-state index contributed by atoms with van der Waals surface area (Å²) in [5, 5.41) is 4.64. The van der Waals surface area contributed by atoms with Crippen molar-refractivity contribution in [3.8, 4) is 51.0 Å². The minimum Gasteiger partial charge on any atom is -0.456 e. The van der Waals surface area contributed by atoms with E-state index in [9.17, 15) is 0 Å². The quantitative estimate of drug-likeness (QED) is 0.176. The van der Waals surface area contributed by atoms with Gasteiger partial charge in [0.25, 0.3) is 0 Å². The molecule has 0 unspecified atom stereocenters. The van der Waals surface area contributed by atoms with Gasteiger partial charge in [-0.15, -0.1) is 0 Å². The van der Waals surface area contributed by atoms with Gasteiger partial charge in [-0.2, -0.15) is 0 Å². The molecule has 3 aromatic heterocycles. The third kappa shape index (κ3) is 6.15. The number of aromatic nitrogens is 4. The molecule has 0 bridgehead atoms. The molecule has 0 radical (unpaired) electrons. The van der Waals surface area contributed by atoms with Gasteiger partial charge in [-0.25, -0.2) is 15.0 Å². The average Bonchev–Trinajstić information content (AvgIpc) is 3.78. The van der Waals surface area contributed by atoms with Crippen molar-refractivity contribution in [2.24, 2.45) is 0 Å². The van der Waals surface area contributed by atoms with E-state index in [1.165, 1.54) is 21.9 Å². The first-order valence-electron chi connectivity index (χ1n) is 20.0. The molecule has 0 spiro atoms. The number of hydrogen-bond acceptors (Lipinski definition) is 4. The zero-order valence-electron chi connectivity index (χ0n) is 33.7. The van der Waals surface area contributed by atoms with Gasteiger partial charge in [0, 0.05) is 38.2 Å². The summed E-state index contributed by atoms with van der Waals surface area (Å²) in [5.74, 6) is 1.85. The fraction of sp³-hybridized carbons (Fsp3) is 0.151. The molecule has 0 fully saturated rings. The second kappa shape index (κ2) is 13.4. The summed E-state index contributed by atoms with van der Waals surface area (Å²) >= 11 is 0. The van der Waals surface area contributed by atoms with Crippen LogP contribution in [-0.4, -0.2) is 19.5 Å². The van der Waals surface area contributed by atoms with E-state index in [1.54, 1.807) is 0 Å². The monoisotopic (exact) mass is 752 g/mol. The van der Waals surface area contributed by atoms with Crippen molar-refractivity contribution in [3.05, 3.63) is 169 Å². The van der Waals surface area contributed by atoms with Crippen LogP contribution in [0.25, 0.3) is 94.7 Å². The Morgan fingerprint density at radius 2 is 0.897 bits per heavy atom. The topological polar surface area (TPSA) is 56.7 Å². The van der Waals surface area contributed by atoms with E-state index in [1.807, 2.05) is 48.5 Å². The number of hydrogen-bond donors (Lipinski definition) is 0.